The number of thiazole rings is 1. The van der Waals surface area contributed by atoms with Crippen LogP contribution in [0.15, 0.2) is 23.6 Å². The fraction of sp³-hybridized carbons (Fsp3) is 0.375. The fourth-order valence-corrected chi connectivity index (χ4v) is 2.67. The summed E-state index contributed by atoms with van der Waals surface area (Å²) in [5.41, 5.74) is 8.80. The van der Waals surface area contributed by atoms with E-state index < -0.39 is 0 Å². The monoisotopic (exact) mass is 304 g/mol. The predicted molar refractivity (Wildman–Crippen MR) is 85.5 cm³/mol. The molecule has 1 heterocycles. The fourth-order valence-electron chi connectivity index (χ4n) is 1.73. The van der Waals surface area contributed by atoms with E-state index in [1.807, 2.05) is 12.3 Å². The molecule has 0 aliphatic rings. The minimum Gasteiger partial charge on any atom is -0.455 e. The quantitative estimate of drug-likeness (QED) is 0.694. The number of benzene rings is 1. The van der Waals surface area contributed by atoms with Gasteiger partial charge in [-0.15, -0.1) is 11.3 Å². The Bertz CT molecular complexity index is 657. The average molecular weight is 304 g/mol. The second-order valence-electron chi connectivity index (χ2n) is 6.02. The Morgan fingerprint density at radius 1 is 1.38 bits per heavy atom. The Hall–Kier alpha value is -1.88. The van der Waals surface area contributed by atoms with Gasteiger partial charge in [-0.1, -0.05) is 20.8 Å². The van der Waals surface area contributed by atoms with Crippen LogP contribution in [-0.4, -0.2) is 11.0 Å². The molecule has 0 unspecified atom stereocenters. The number of esters is 1. The summed E-state index contributed by atoms with van der Waals surface area (Å²) in [6.07, 6.45) is 0. The molecular weight excluding hydrogens is 284 g/mol. The first-order valence-electron chi connectivity index (χ1n) is 6.75. The number of aryl methyl sites for hydroxylation is 1. The highest BCUT2D eigenvalue weighted by Gasteiger charge is 2.18. The molecule has 0 fully saturated rings. The number of nitrogens with zero attached hydrogens (tertiary/aromatic N) is 1. The molecule has 0 saturated carbocycles. The van der Waals surface area contributed by atoms with E-state index in [-0.39, 0.29) is 18.0 Å². The van der Waals surface area contributed by atoms with Crippen molar-refractivity contribution in [3.8, 4) is 0 Å². The molecule has 2 N–H and O–H groups in total. The van der Waals surface area contributed by atoms with Crippen molar-refractivity contribution in [1.82, 2.24) is 4.98 Å². The van der Waals surface area contributed by atoms with Gasteiger partial charge < -0.3 is 10.5 Å². The highest BCUT2D eigenvalue weighted by Crippen LogP contribution is 2.24. The van der Waals surface area contributed by atoms with Crippen molar-refractivity contribution < 1.29 is 9.53 Å². The van der Waals surface area contributed by atoms with E-state index >= 15 is 0 Å². The molecule has 0 aliphatic carbocycles. The topological polar surface area (TPSA) is 65.2 Å². The first kappa shape index (κ1) is 15.5. The predicted octanol–water partition coefficient (Wildman–Crippen LogP) is 3.69. The third kappa shape index (κ3) is 3.82. The van der Waals surface area contributed by atoms with Crippen LogP contribution in [0.3, 0.4) is 0 Å². The molecule has 0 amide bonds. The number of carbonyl (C=O) groups excluding carboxylic acids is 1. The largest absolute Gasteiger partial charge is 0.455 e. The molecule has 0 aliphatic heterocycles. The van der Waals surface area contributed by atoms with Gasteiger partial charge in [0.25, 0.3) is 0 Å². The average Bonchev–Trinajstić information content (AvgIpc) is 2.88. The summed E-state index contributed by atoms with van der Waals surface area (Å²) in [6.45, 7) is 8.38. The Balaban J connectivity index is 2.01. The zero-order chi connectivity index (χ0) is 15.6. The van der Waals surface area contributed by atoms with Crippen LogP contribution in [0.5, 0.6) is 0 Å². The first-order chi connectivity index (χ1) is 9.77. The van der Waals surface area contributed by atoms with E-state index in [2.05, 4.69) is 25.8 Å². The first-order valence-corrected chi connectivity index (χ1v) is 7.63. The number of carbonyl (C=O) groups is 1. The van der Waals surface area contributed by atoms with E-state index in [9.17, 15) is 4.79 Å². The van der Waals surface area contributed by atoms with Crippen molar-refractivity contribution >= 4 is 23.0 Å². The third-order valence-electron chi connectivity index (χ3n) is 3.15. The standard InChI is InChI=1S/C16H20N2O2S/c1-10-7-11(5-6-12(10)17)15(19)20-8-14-18-13(9-21-14)16(2,3)4/h5-7,9H,8,17H2,1-4H3. The third-order valence-corrected chi connectivity index (χ3v) is 3.97. The molecule has 0 spiro atoms. The van der Waals surface area contributed by atoms with Crippen LogP contribution in [0.25, 0.3) is 0 Å². The molecule has 0 bridgehead atoms. The number of anilines is 1. The van der Waals surface area contributed by atoms with Gasteiger partial charge >= 0.3 is 5.97 Å². The molecule has 0 atom stereocenters. The van der Waals surface area contributed by atoms with Crippen molar-refractivity contribution in [3.05, 3.63) is 45.4 Å². The maximum absolute atomic E-state index is 12.0. The molecule has 1 aromatic carbocycles. The van der Waals surface area contributed by atoms with Crippen LogP contribution < -0.4 is 5.73 Å². The second-order valence-corrected chi connectivity index (χ2v) is 6.97. The lowest BCUT2D eigenvalue weighted by atomic mass is 9.93. The molecule has 0 saturated heterocycles. The zero-order valence-electron chi connectivity index (χ0n) is 12.8. The lowest BCUT2D eigenvalue weighted by Crippen LogP contribution is -2.12. The number of ether oxygens (including phenoxy) is 1. The normalized spacial score (nSPS) is 11.4. The van der Waals surface area contributed by atoms with Crippen molar-refractivity contribution in [2.45, 2.75) is 39.7 Å². The summed E-state index contributed by atoms with van der Waals surface area (Å²) in [5, 5.41) is 2.82. The molecule has 2 aromatic rings. The second kappa shape index (κ2) is 5.85. The van der Waals surface area contributed by atoms with Gasteiger partial charge in [0.15, 0.2) is 0 Å². The van der Waals surface area contributed by atoms with Crippen LogP contribution in [0.2, 0.25) is 0 Å². The van der Waals surface area contributed by atoms with Gasteiger partial charge in [0.05, 0.1) is 11.3 Å². The Labute approximate surface area is 129 Å². The number of hydrogen-bond donors (Lipinski definition) is 1. The van der Waals surface area contributed by atoms with Crippen molar-refractivity contribution in [2.24, 2.45) is 0 Å². The molecule has 5 heteroatoms. The van der Waals surface area contributed by atoms with E-state index in [0.717, 1.165) is 16.3 Å². The van der Waals surface area contributed by atoms with Gasteiger partial charge in [0.2, 0.25) is 0 Å². The summed E-state index contributed by atoms with van der Waals surface area (Å²) < 4.78 is 5.30. The van der Waals surface area contributed by atoms with Gasteiger partial charge in [-0.2, -0.15) is 0 Å². The van der Waals surface area contributed by atoms with Gasteiger partial charge in [0, 0.05) is 16.5 Å². The summed E-state index contributed by atoms with van der Waals surface area (Å²) in [5.74, 6) is -0.356. The number of nitrogens with two attached hydrogens (primary N) is 1. The Morgan fingerprint density at radius 2 is 2.10 bits per heavy atom. The summed E-state index contributed by atoms with van der Waals surface area (Å²) in [6, 6.07) is 5.13. The highest BCUT2D eigenvalue weighted by atomic mass is 32.1. The van der Waals surface area contributed by atoms with Crippen LogP contribution in [0, 0.1) is 6.92 Å². The van der Waals surface area contributed by atoms with Crippen LogP contribution >= 0.6 is 11.3 Å². The lowest BCUT2D eigenvalue weighted by molar-refractivity contribution is 0.0472. The van der Waals surface area contributed by atoms with E-state index in [0.29, 0.717) is 11.3 Å². The Morgan fingerprint density at radius 3 is 2.67 bits per heavy atom. The zero-order valence-corrected chi connectivity index (χ0v) is 13.6. The van der Waals surface area contributed by atoms with E-state index in [4.69, 9.17) is 10.5 Å². The van der Waals surface area contributed by atoms with Gasteiger partial charge in [-0.25, -0.2) is 9.78 Å². The molecule has 112 valence electrons. The number of nitrogen functional groups attached to an aromatic ring is 1. The molecule has 2 rings (SSSR count). The van der Waals surface area contributed by atoms with E-state index in [1.165, 1.54) is 11.3 Å². The summed E-state index contributed by atoms with van der Waals surface area (Å²) in [4.78, 5) is 16.5. The van der Waals surface area contributed by atoms with Gasteiger partial charge in [-0.05, 0) is 30.7 Å². The van der Waals surface area contributed by atoms with Crippen molar-refractivity contribution in [1.29, 1.82) is 0 Å². The maximum Gasteiger partial charge on any atom is 0.338 e. The molecule has 0 radical (unpaired) electrons. The van der Waals surface area contributed by atoms with Gasteiger partial charge in [0.1, 0.15) is 11.6 Å². The molecular formula is C16H20N2O2S. The van der Waals surface area contributed by atoms with Crippen molar-refractivity contribution in [3.63, 3.8) is 0 Å². The molecule has 21 heavy (non-hydrogen) atoms. The minimum absolute atomic E-state index is 0.00677. The lowest BCUT2D eigenvalue weighted by Gasteiger charge is -2.14. The summed E-state index contributed by atoms with van der Waals surface area (Å²) >= 11 is 1.51. The smallest absolute Gasteiger partial charge is 0.338 e. The Kier molecular flexibility index (Phi) is 4.32. The van der Waals surface area contributed by atoms with Crippen LogP contribution in [-0.2, 0) is 16.8 Å². The van der Waals surface area contributed by atoms with Crippen LogP contribution in [0.1, 0.15) is 47.4 Å². The van der Waals surface area contributed by atoms with Gasteiger partial charge in [-0.3, -0.25) is 0 Å². The van der Waals surface area contributed by atoms with Crippen molar-refractivity contribution in [2.75, 3.05) is 5.73 Å². The minimum atomic E-state index is -0.356. The number of aromatic nitrogens is 1. The molecule has 1 aromatic heterocycles. The number of rotatable bonds is 3. The number of hydrogen-bond acceptors (Lipinski definition) is 5. The van der Waals surface area contributed by atoms with Crippen LogP contribution in [0.4, 0.5) is 5.69 Å². The highest BCUT2D eigenvalue weighted by molar-refractivity contribution is 7.09. The maximum atomic E-state index is 12.0. The SMILES string of the molecule is Cc1cc(C(=O)OCc2nc(C(C)(C)C)cs2)ccc1N. The van der Waals surface area contributed by atoms with E-state index in [1.54, 1.807) is 18.2 Å². The molecule has 4 nitrogen and oxygen atoms in total. The summed E-state index contributed by atoms with van der Waals surface area (Å²) in [7, 11) is 0.